The number of benzene rings is 2. The van der Waals surface area contributed by atoms with Crippen LogP contribution in [0.5, 0.6) is 0 Å². The number of nitrogens with one attached hydrogen (secondary N) is 3. The zero-order valence-electron chi connectivity index (χ0n) is 20.0. The molecule has 2 aromatic carbocycles. The molecule has 1 saturated heterocycles. The van der Waals surface area contributed by atoms with Crippen molar-refractivity contribution in [2.24, 2.45) is 5.92 Å². The minimum Gasteiger partial charge on any atom is -0.367 e. The summed E-state index contributed by atoms with van der Waals surface area (Å²) < 4.78 is 29.2. The minimum absolute atomic E-state index is 0.0369. The smallest absolute Gasteiger partial charge is 0.261 e. The topological polar surface area (TPSA) is 90.5 Å². The van der Waals surface area contributed by atoms with Gasteiger partial charge in [-0.25, -0.2) is 8.42 Å². The Hall–Kier alpha value is -2.58. The Morgan fingerprint density at radius 1 is 1.06 bits per heavy atom. The molecule has 7 nitrogen and oxygen atoms in total. The summed E-state index contributed by atoms with van der Waals surface area (Å²) in [4.78, 5) is 15.0. The second-order valence-electron chi connectivity index (χ2n) is 9.10. The largest absolute Gasteiger partial charge is 0.367 e. The number of amides is 1. The summed E-state index contributed by atoms with van der Waals surface area (Å²) >= 11 is 0. The Morgan fingerprint density at radius 2 is 1.73 bits per heavy atom. The van der Waals surface area contributed by atoms with Crippen molar-refractivity contribution in [3.63, 3.8) is 0 Å². The summed E-state index contributed by atoms with van der Waals surface area (Å²) in [6, 6.07) is 12.3. The summed E-state index contributed by atoms with van der Waals surface area (Å²) in [5.74, 6) is 0.284. The van der Waals surface area contributed by atoms with Crippen LogP contribution in [0.4, 0.5) is 11.4 Å². The van der Waals surface area contributed by atoms with E-state index in [1.54, 1.807) is 24.3 Å². The quantitative estimate of drug-likeness (QED) is 0.519. The second-order valence-corrected chi connectivity index (χ2v) is 10.8. The number of hydrogen-bond donors (Lipinski definition) is 3. The average molecular weight is 473 g/mol. The van der Waals surface area contributed by atoms with E-state index < -0.39 is 10.0 Å². The zero-order valence-corrected chi connectivity index (χ0v) is 20.8. The molecule has 0 bridgehead atoms. The van der Waals surface area contributed by atoms with Crippen molar-refractivity contribution in [2.45, 2.75) is 51.5 Å². The molecule has 180 valence electrons. The fourth-order valence-electron chi connectivity index (χ4n) is 3.83. The predicted molar refractivity (Wildman–Crippen MR) is 135 cm³/mol. The maximum atomic E-state index is 13.2. The van der Waals surface area contributed by atoms with E-state index in [0.29, 0.717) is 17.2 Å². The lowest BCUT2D eigenvalue weighted by Crippen LogP contribution is -2.43. The summed E-state index contributed by atoms with van der Waals surface area (Å²) in [7, 11) is -3.81. The summed E-state index contributed by atoms with van der Waals surface area (Å²) in [5.41, 5.74) is 2.73. The van der Waals surface area contributed by atoms with Gasteiger partial charge in [0.25, 0.3) is 15.9 Å². The molecule has 0 aliphatic carbocycles. The highest BCUT2D eigenvalue weighted by Gasteiger charge is 2.22. The third-order valence-electron chi connectivity index (χ3n) is 5.83. The van der Waals surface area contributed by atoms with Gasteiger partial charge >= 0.3 is 0 Å². The number of sulfonamides is 1. The first-order valence-corrected chi connectivity index (χ1v) is 13.2. The van der Waals surface area contributed by atoms with Crippen LogP contribution in [0.25, 0.3) is 0 Å². The van der Waals surface area contributed by atoms with Gasteiger partial charge in [0, 0.05) is 37.8 Å². The lowest BCUT2D eigenvalue weighted by atomic mass is 10.0. The molecule has 0 unspecified atom stereocenters. The summed E-state index contributed by atoms with van der Waals surface area (Å²) in [6.07, 6.45) is 1.71. The van der Waals surface area contributed by atoms with E-state index in [0.717, 1.165) is 50.3 Å². The highest BCUT2D eigenvalue weighted by Crippen LogP contribution is 2.30. The molecule has 1 fully saturated rings. The molecule has 8 heteroatoms. The molecule has 1 aliphatic rings. The normalized spacial score (nSPS) is 15.4. The van der Waals surface area contributed by atoms with Crippen LogP contribution in [0.1, 0.15) is 50.0 Å². The van der Waals surface area contributed by atoms with Crippen LogP contribution in [-0.2, 0) is 16.4 Å². The number of piperazine rings is 1. The molecule has 1 aliphatic heterocycles. The Kier molecular flexibility index (Phi) is 8.37. The molecule has 0 saturated carbocycles. The molecule has 33 heavy (non-hydrogen) atoms. The van der Waals surface area contributed by atoms with Crippen LogP contribution >= 0.6 is 0 Å². The minimum atomic E-state index is -3.81. The Balaban J connectivity index is 1.92. The van der Waals surface area contributed by atoms with Gasteiger partial charge in [-0.1, -0.05) is 32.9 Å². The fraction of sp³-hybridized carbons (Fsp3) is 0.480. The standard InChI is InChI=1S/C25H36N4O3S/c1-5-19(4)27-25(30)21-8-11-24(29-14-12-26-13-15-29)23(17-21)28-33(31,32)22-9-6-20(7-10-22)16-18(2)3/h6-11,17-19,26,28H,5,12-16H2,1-4H3,(H,27,30)/t19-/m1/s1. The van der Waals surface area contributed by atoms with E-state index in [4.69, 9.17) is 0 Å². The SMILES string of the molecule is CC[C@@H](C)NC(=O)c1ccc(N2CCNCC2)c(NS(=O)(=O)c2ccc(CC(C)C)cc2)c1. The third-order valence-corrected chi connectivity index (χ3v) is 7.21. The number of nitrogens with zero attached hydrogens (tertiary/aromatic N) is 1. The van der Waals surface area contributed by atoms with Crippen molar-refractivity contribution in [1.82, 2.24) is 10.6 Å². The highest BCUT2D eigenvalue weighted by atomic mass is 32.2. The molecule has 1 amide bonds. The van der Waals surface area contributed by atoms with E-state index in [2.05, 4.69) is 34.1 Å². The van der Waals surface area contributed by atoms with Crippen molar-refractivity contribution in [1.29, 1.82) is 0 Å². The molecule has 0 aromatic heterocycles. The molecular formula is C25H36N4O3S. The van der Waals surface area contributed by atoms with Crippen LogP contribution in [0.3, 0.4) is 0 Å². The van der Waals surface area contributed by atoms with E-state index in [1.165, 1.54) is 0 Å². The second kappa shape index (κ2) is 11.0. The summed E-state index contributed by atoms with van der Waals surface area (Å²) in [6.45, 7) is 11.4. The van der Waals surface area contributed by atoms with E-state index in [9.17, 15) is 13.2 Å². The van der Waals surface area contributed by atoms with E-state index in [1.807, 2.05) is 32.0 Å². The number of carbonyl (C=O) groups excluding carboxylic acids is 1. The van der Waals surface area contributed by atoms with E-state index >= 15 is 0 Å². The Morgan fingerprint density at radius 3 is 2.33 bits per heavy atom. The molecule has 3 rings (SSSR count). The number of rotatable bonds is 9. The lowest BCUT2D eigenvalue weighted by Gasteiger charge is -2.31. The highest BCUT2D eigenvalue weighted by molar-refractivity contribution is 7.92. The maximum Gasteiger partial charge on any atom is 0.261 e. The van der Waals surface area contributed by atoms with Crippen molar-refractivity contribution < 1.29 is 13.2 Å². The van der Waals surface area contributed by atoms with Crippen LogP contribution in [0, 0.1) is 5.92 Å². The van der Waals surface area contributed by atoms with Crippen LogP contribution in [-0.4, -0.2) is 46.5 Å². The van der Waals surface area contributed by atoms with Crippen molar-refractivity contribution in [3.05, 3.63) is 53.6 Å². The molecule has 0 spiro atoms. The first-order chi connectivity index (χ1) is 15.7. The van der Waals surface area contributed by atoms with Gasteiger partial charge in [-0.05, 0) is 61.6 Å². The van der Waals surface area contributed by atoms with Crippen molar-refractivity contribution in [2.75, 3.05) is 35.8 Å². The van der Waals surface area contributed by atoms with Gasteiger partial charge in [-0.15, -0.1) is 0 Å². The van der Waals surface area contributed by atoms with Gasteiger partial charge in [0.15, 0.2) is 0 Å². The average Bonchev–Trinajstić information content (AvgIpc) is 2.79. The zero-order chi connectivity index (χ0) is 24.0. The third kappa shape index (κ3) is 6.71. The fourth-order valence-corrected chi connectivity index (χ4v) is 4.89. The van der Waals surface area contributed by atoms with Crippen LogP contribution in [0.15, 0.2) is 47.4 Å². The molecule has 2 aromatic rings. The van der Waals surface area contributed by atoms with Crippen molar-refractivity contribution >= 4 is 27.3 Å². The first kappa shape index (κ1) is 25.1. The summed E-state index contributed by atoms with van der Waals surface area (Å²) in [5, 5.41) is 6.26. The van der Waals surface area contributed by atoms with E-state index in [-0.39, 0.29) is 16.8 Å². The van der Waals surface area contributed by atoms with Crippen LogP contribution in [0.2, 0.25) is 0 Å². The lowest BCUT2D eigenvalue weighted by molar-refractivity contribution is 0.0939. The van der Waals surface area contributed by atoms with Gasteiger partial charge in [0.2, 0.25) is 0 Å². The molecule has 0 radical (unpaired) electrons. The number of carbonyl (C=O) groups is 1. The van der Waals surface area contributed by atoms with Crippen LogP contribution < -0.4 is 20.3 Å². The Labute approximate surface area is 198 Å². The number of hydrogen-bond acceptors (Lipinski definition) is 5. The molecule has 1 atom stereocenters. The number of anilines is 2. The van der Waals surface area contributed by atoms with Gasteiger partial charge < -0.3 is 15.5 Å². The predicted octanol–water partition coefficient (Wildman–Crippen LogP) is 3.62. The first-order valence-electron chi connectivity index (χ1n) is 11.7. The van der Waals surface area contributed by atoms with Gasteiger partial charge in [-0.3, -0.25) is 9.52 Å². The monoisotopic (exact) mass is 472 g/mol. The molecule has 1 heterocycles. The molecular weight excluding hydrogens is 436 g/mol. The maximum absolute atomic E-state index is 13.2. The van der Waals surface area contributed by atoms with Gasteiger partial charge in [-0.2, -0.15) is 0 Å². The van der Waals surface area contributed by atoms with Crippen molar-refractivity contribution in [3.8, 4) is 0 Å². The van der Waals surface area contributed by atoms with Gasteiger partial charge in [0.1, 0.15) is 0 Å². The molecule has 3 N–H and O–H groups in total. The van der Waals surface area contributed by atoms with Gasteiger partial charge in [0.05, 0.1) is 16.3 Å². The Bertz CT molecular complexity index is 1050.